The van der Waals surface area contributed by atoms with Crippen molar-refractivity contribution in [3.63, 3.8) is 0 Å². The average molecular weight is 322 g/mol. The average Bonchev–Trinajstić information content (AvgIpc) is 1.89. The van der Waals surface area contributed by atoms with E-state index in [0.29, 0.717) is 0 Å². The molecule has 1 aromatic carbocycles. The maximum absolute atomic E-state index is 4.94. The van der Waals surface area contributed by atoms with E-state index in [1.807, 2.05) is 24.3 Å². The van der Waals surface area contributed by atoms with Gasteiger partial charge in [-0.2, -0.15) is 0 Å². The molecule has 1 aromatic rings. The summed E-state index contributed by atoms with van der Waals surface area (Å²) in [6.45, 7) is 0. The van der Waals surface area contributed by atoms with E-state index in [1.54, 1.807) is 7.11 Å². The van der Waals surface area contributed by atoms with Crippen LogP contribution in [0.15, 0.2) is 29.2 Å². The van der Waals surface area contributed by atoms with Gasteiger partial charge in [-0.1, -0.05) is 18.2 Å². The minimum atomic E-state index is 0. The number of methoxy groups -OCH3 is 1. The number of hydrogen-bond acceptors (Lipinski definition) is 2. The number of ether oxygens (including phenoxy) is 1. The van der Waals surface area contributed by atoms with Crippen LogP contribution in [0.3, 0.4) is 0 Å². The minimum absolute atomic E-state index is 0. The van der Waals surface area contributed by atoms with Crippen LogP contribution in [0.1, 0.15) is 0 Å². The molecular weight excluding hydrogens is 312 g/mol. The van der Waals surface area contributed by atoms with Crippen LogP contribution in [0.5, 0.6) is 5.75 Å². The Balaban J connectivity index is -0.000000101. The fourth-order valence-corrected chi connectivity index (χ4v) is 0.849. The van der Waals surface area contributed by atoms with Gasteiger partial charge >= 0.3 is 40.1 Å². The fraction of sp³-hybridized carbons (Fsp3) is 0.125. The topological polar surface area (TPSA) is 9.23 Å². The largest absolute Gasteiger partial charge is 2.00 e. The standard InChI is InChI=1S/C7H8OS.CH3.BrH.Cu.Mg/c1-8-6-4-2-3-5-7(6)9;;;;/h2-5,9H,1H3;1H3;1H;;/q;-1;;+1;+2/p-2. The Morgan fingerprint density at radius 1 is 1.23 bits per heavy atom. The van der Waals surface area contributed by atoms with Crippen LogP contribution in [0.25, 0.3) is 0 Å². The van der Waals surface area contributed by atoms with Crippen molar-refractivity contribution in [2.45, 2.75) is 4.90 Å². The molecule has 0 aliphatic carbocycles. The molecule has 0 aromatic heterocycles. The first-order chi connectivity index (χ1) is 4.34. The molecular formula is C8H10BrCuMgOS. The first kappa shape index (κ1) is 23.7. The Labute approximate surface area is 123 Å². The van der Waals surface area contributed by atoms with E-state index in [4.69, 9.17) is 17.4 Å². The molecule has 0 atom stereocenters. The van der Waals surface area contributed by atoms with Crippen molar-refractivity contribution < 1.29 is 38.8 Å². The molecule has 1 nitrogen and oxygen atoms in total. The molecule has 13 heavy (non-hydrogen) atoms. The summed E-state index contributed by atoms with van der Waals surface area (Å²) in [6.07, 6.45) is 0. The molecule has 0 fully saturated rings. The van der Waals surface area contributed by atoms with E-state index < -0.39 is 0 Å². The summed E-state index contributed by atoms with van der Waals surface area (Å²) in [5.74, 6) is 0.771. The molecule has 0 spiro atoms. The van der Waals surface area contributed by atoms with Gasteiger partial charge in [0, 0.05) is 0 Å². The number of hydrogen-bond donors (Lipinski definition) is 0. The third-order valence-corrected chi connectivity index (χ3v) is 1.41. The molecule has 0 aliphatic heterocycles. The smallest absolute Gasteiger partial charge is 1.00 e. The third-order valence-electron chi connectivity index (χ3n) is 1.07. The SMILES string of the molecule is COc1ccccc1[S-].[Br-].[CH3-].[Cu+].[Mg+2]. The molecule has 0 aliphatic rings. The van der Waals surface area contributed by atoms with Gasteiger partial charge < -0.3 is 41.8 Å². The summed E-state index contributed by atoms with van der Waals surface area (Å²) < 4.78 is 4.94. The maximum atomic E-state index is 4.94. The summed E-state index contributed by atoms with van der Waals surface area (Å²) in [4.78, 5) is 0.764. The molecule has 1 rings (SSSR count). The van der Waals surface area contributed by atoms with Gasteiger partial charge in [-0.3, -0.25) is 0 Å². The second-order valence-electron chi connectivity index (χ2n) is 1.65. The summed E-state index contributed by atoms with van der Waals surface area (Å²) in [6, 6.07) is 7.48. The van der Waals surface area contributed by atoms with Crippen LogP contribution < -0.4 is 21.7 Å². The Morgan fingerprint density at radius 3 is 2.00 bits per heavy atom. The van der Waals surface area contributed by atoms with Crippen molar-refractivity contribution in [3.05, 3.63) is 31.7 Å². The Bertz CT molecular complexity index is 213. The zero-order chi connectivity index (χ0) is 6.69. The first-order valence-corrected chi connectivity index (χ1v) is 3.05. The molecule has 0 radical (unpaired) electrons. The van der Waals surface area contributed by atoms with E-state index >= 15 is 0 Å². The Hall–Kier alpha value is 1.01. The van der Waals surface area contributed by atoms with E-state index in [0.717, 1.165) is 10.6 Å². The van der Waals surface area contributed by atoms with Gasteiger partial charge in [0.15, 0.2) is 0 Å². The van der Waals surface area contributed by atoms with Gasteiger partial charge in [0.1, 0.15) is 0 Å². The predicted octanol–water partition coefficient (Wildman–Crippen LogP) is -1.33. The molecule has 0 N–H and O–H groups in total. The molecule has 74 valence electrons. The monoisotopic (exact) mass is 320 g/mol. The van der Waals surface area contributed by atoms with E-state index in [9.17, 15) is 0 Å². The van der Waals surface area contributed by atoms with Gasteiger partial charge in [-0.15, -0.1) is 4.90 Å². The van der Waals surface area contributed by atoms with Gasteiger partial charge in [-0.25, -0.2) is 0 Å². The summed E-state index contributed by atoms with van der Waals surface area (Å²) >= 11 is 4.93. The first-order valence-electron chi connectivity index (χ1n) is 2.64. The van der Waals surface area contributed by atoms with Gasteiger partial charge in [-0.05, 0) is 6.07 Å². The van der Waals surface area contributed by atoms with Crippen molar-refractivity contribution in [1.82, 2.24) is 0 Å². The van der Waals surface area contributed by atoms with Gasteiger partial charge in [0.25, 0.3) is 0 Å². The molecule has 0 saturated carbocycles. The van der Waals surface area contributed by atoms with Crippen molar-refractivity contribution in [2.24, 2.45) is 0 Å². The normalized spacial score (nSPS) is 6.23. The summed E-state index contributed by atoms with van der Waals surface area (Å²) in [5.41, 5.74) is 0. The van der Waals surface area contributed by atoms with Crippen molar-refractivity contribution in [3.8, 4) is 5.75 Å². The molecule has 0 amide bonds. The second-order valence-corrected chi connectivity index (χ2v) is 2.09. The van der Waals surface area contributed by atoms with Crippen LogP contribution in [0, 0.1) is 7.43 Å². The van der Waals surface area contributed by atoms with E-state index in [2.05, 4.69) is 0 Å². The molecule has 0 bridgehead atoms. The maximum Gasteiger partial charge on any atom is 2.00 e. The Kier molecular flexibility index (Phi) is 23.7. The van der Waals surface area contributed by atoms with Gasteiger partial charge in [0.05, 0.1) is 12.9 Å². The summed E-state index contributed by atoms with van der Waals surface area (Å²) in [5, 5.41) is 0. The minimum Gasteiger partial charge on any atom is -1.00 e. The molecule has 0 saturated heterocycles. The number of halogens is 1. The van der Waals surface area contributed by atoms with E-state index in [1.165, 1.54) is 0 Å². The molecule has 0 unspecified atom stereocenters. The second kappa shape index (κ2) is 13.0. The number of benzene rings is 1. The van der Waals surface area contributed by atoms with Crippen molar-refractivity contribution in [1.29, 1.82) is 0 Å². The summed E-state index contributed by atoms with van der Waals surface area (Å²) in [7, 11) is 1.62. The number of para-hydroxylation sites is 1. The van der Waals surface area contributed by atoms with Crippen LogP contribution in [0.4, 0.5) is 0 Å². The quantitative estimate of drug-likeness (QED) is 0.360. The van der Waals surface area contributed by atoms with Crippen molar-refractivity contribution >= 4 is 35.7 Å². The van der Waals surface area contributed by atoms with Crippen LogP contribution in [0.2, 0.25) is 0 Å². The fourth-order valence-electron chi connectivity index (χ4n) is 0.619. The Morgan fingerprint density at radius 2 is 1.69 bits per heavy atom. The molecule has 5 heteroatoms. The molecule has 0 heterocycles. The third kappa shape index (κ3) is 8.03. The zero-order valence-corrected chi connectivity index (χ0v) is 12.3. The van der Waals surface area contributed by atoms with Crippen LogP contribution in [-0.2, 0) is 29.7 Å². The zero-order valence-electron chi connectivity index (χ0n) is 7.51. The van der Waals surface area contributed by atoms with Crippen LogP contribution in [-0.4, -0.2) is 30.2 Å². The predicted molar refractivity (Wildman–Crippen MR) is 50.8 cm³/mol. The van der Waals surface area contributed by atoms with Gasteiger partial charge in [0.2, 0.25) is 0 Å². The van der Waals surface area contributed by atoms with Crippen molar-refractivity contribution in [2.75, 3.05) is 7.11 Å². The van der Waals surface area contributed by atoms with E-state index in [-0.39, 0.29) is 64.5 Å². The van der Waals surface area contributed by atoms with Crippen LogP contribution >= 0.6 is 0 Å². The number of rotatable bonds is 1.